The third-order valence-corrected chi connectivity index (χ3v) is 5.81. The molecule has 1 N–H and O–H groups in total. The molecule has 3 aromatic rings. The fraction of sp³-hybridized carbons (Fsp3) is 0. The van der Waals surface area contributed by atoms with Gasteiger partial charge in [-0.15, -0.1) is 0 Å². The first-order valence-electron chi connectivity index (χ1n) is 8.36. The van der Waals surface area contributed by atoms with E-state index in [1.54, 1.807) is 24.3 Å². The fourth-order valence-corrected chi connectivity index (χ4v) is 3.99. The number of hydrogen-bond donors (Lipinski definition) is 1. The predicted octanol–water partition coefficient (Wildman–Crippen LogP) is 4.65. The first-order valence-corrected chi connectivity index (χ1v) is 10.4. The molecule has 0 bridgehead atoms. The number of halogens is 1. The molecule has 1 aliphatic heterocycles. The number of carbonyl (C=O) groups is 2. The van der Waals surface area contributed by atoms with Crippen molar-refractivity contribution in [1.82, 2.24) is 15.4 Å². The summed E-state index contributed by atoms with van der Waals surface area (Å²) in [6, 6.07) is 14.4. The van der Waals surface area contributed by atoms with Crippen LogP contribution in [0.2, 0.25) is 0 Å². The molecule has 0 radical (unpaired) electrons. The van der Waals surface area contributed by atoms with E-state index < -0.39 is 11.8 Å². The van der Waals surface area contributed by atoms with Crippen molar-refractivity contribution in [2.45, 2.75) is 0 Å². The Morgan fingerprint density at radius 1 is 1.14 bits per heavy atom. The maximum absolute atomic E-state index is 12.7. The smallest absolute Gasteiger partial charge is 0.285 e. The number of nitrogens with one attached hydrogen (secondary N) is 1. The van der Waals surface area contributed by atoms with E-state index >= 15 is 0 Å². The van der Waals surface area contributed by atoms with Crippen LogP contribution in [0.4, 0.5) is 0 Å². The molecule has 0 saturated carbocycles. The van der Waals surface area contributed by atoms with Gasteiger partial charge in [-0.3, -0.25) is 20.0 Å². The molecular formula is C20H12BrN3O3S2. The van der Waals surface area contributed by atoms with Crippen LogP contribution in [0.1, 0.15) is 16.1 Å². The Kier molecular flexibility index (Phi) is 5.61. The van der Waals surface area contributed by atoms with E-state index in [1.807, 2.05) is 30.3 Å². The number of hydrogen-bond acceptors (Lipinski definition) is 6. The number of benzene rings is 1. The second kappa shape index (κ2) is 8.32. The first kappa shape index (κ1) is 19.6. The summed E-state index contributed by atoms with van der Waals surface area (Å²) in [5.41, 5.74) is 3.83. The van der Waals surface area contributed by atoms with Crippen LogP contribution in [-0.4, -0.2) is 26.1 Å². The number of pyridine rings is 1. The number of thiocarbonyl (C=S) groups is 1. The van der Waals surface area contributed by atoms with Crippen molar-refractivity contribution < 1.29 is 14.0 Å². The van der Waals surface area contributed by atoms with Gasteiger partial charge in [0.25, 0.3) is 11.8 Å². The average Bonchev–Trinajstić information content (AvgIpc) is 3.29. The Labute approximate surface area is 184 Å². The Balaban J connectivity index is 1.50. The standard InChI is InChI=1S/C20H12BrN3O3S2/c21-14-3-1-12(2-4-14)16-6-5-15(27-16)11-17-19(26)24(20(28)29-17)23-18(25)13-7-9-22-10-8-13/h1-11H,(H,23,25). The second-order valence-electron chi connectivity index (χ2n) is 5.90. The fourth-order valence-electron chi connectivity index (χ4n) is 2.56. The van der Waals surface area contributed by atoms with Crippen LogP contribution in [-0.2, 0) is 4.79 Å². The zero-order valence-corrected chi connectivity index (χ0v) is 17.9. The maximum Gasteiger partial charge on any atom is 0.285 e. The Morgan fingerprint density at radius 2 is 1.86 bits per heavy atom. The molecule has 2 amide bonds. The van der Waals surface area contributed by atoms with E-state index in [1.165, 1.54) is 12.4 Å². The van der Waals surface area contributed by atoms with Crippen LogP contribution in [0.3, 0.4) is 0 Å². The summed E-state index contributed by atoms with van der Waals surface area (Å²) in [6.07, 6.45) is 4.61. The highest BCUT2D eigenvalue weighted by atomic mass is 79.9. The molecule has 0 atom stereocenters. The lowest BCUT2D eigenvalue weighted by Crippen LogP contribution is -2.44. The molecule has 4 rings (SSSR count). The summed E-state index contributed by atoms with van der Waals surface area (Å²) in [5.74, 6) is 0.346. The van der Waals surface area contributed by atoms with Gasteiger partial charge in [-0.25, -0.2) is 0 Å². The maximum atomic E-state index is 12.7. The van der Waals surface area contributed by atoms with Crippen molar-refractivity contribution in [3.8, 4) is 11.3 Å². The van der Waals surface area contributed by atoms with Gasteiger partial charge in [0.05, 0.1) is 4.91 Å². The third kappa shape index (κ3) is 4.31. The van der Waals surface area contributed by atoms with E-state index in [0.717, 1.165) is 26.8 Å². The number of thioether (sulfide) groups is 1. The van der Waals surface area contributed by atoms with Crippen molar-refractivity contribution in [2.24, 2.45) is 0 Å². The second-order valence-corrected chi connectivity index (χ2v) is 8.49. The minimum Gasteiger partial charge on any atom is -0.457 e. The molecule has 1 aliphatic rings. The normalized spacial score (nSPS) is 15.2. The lowest BCUT2D eigenvalue weighted by atomic mass is 10.2. The number of amides is 2. The van der Waals surface area contributed by atoms with Crippen LogP contribution < -0.4 is 5.43 Å². The minimum atomic E-state index is -0.444. The number of nitrogens with zero attached hydrogens (tertiary/aromatic N) is 2. The molecule has 3 heterocycles. The van der Waals surface area contributed by atoms with E-state index in [4.69, 9.17) is 16.6 Å². The molecule has 9 heteroatoms. The highest BCUT2D eigenvalue weighted by molar-refractivity contribution is 9.10. The summed E-state index contributed by atoms with van der Waals surface area (Å²) >= 11 is 9.74. The number of carbonyl (C=O) groups excluding carboxylic acids is 2. The largest absolute Gasteiger partial charge is 0.457 e. The summed E-state index contributed by atoms with van der Waals surface area (Å²) in [6.45, 7) is 0. The lowest BCUT2D eigenvalue weighted by Gasteiger charge is -2.15. The molecule has 0 aliphatic carbocycles. The van der Waals surface area contributed by atoms with Crippen LogP contribution in [0.25, 0.3) is 17.4 Å². The zero-order valence-electron chi connectivity index (χ0n) is 14.7. The molecule has 1 fully saturated rings. The van der Waals surface area contributed by atoms with Crippen LogP contribution in [0.15, 0.2) is 74.7 Å². The molecule has 144 valence electrons. The molecule has 0 spiro atoms. The molecule has 1 saturated heterocycles. The molecule has 6 nitrogen and oxygen atoms in total. The van der Waals surface area contributed by atoms with Crippen LogP contribution in [0, 0.1) is 0 Å². The molecule has 1 aromatic carbocycles. The average molecular weight is 486 g/mol. The zero-order chi connectivity index (χ0) is 20.4. The molecule has 2 aromatic heterocycles. The van der Waals surface area contributed by atoms with Crippen molar-refractivity contribution in [3.05, 3.63) is 81.6 Å². The predicted molar refractivity (Wildman–Crippen MR) is 119 cm³/mol. The highest BCUT2D eigenvalue weighted by Gasteiger charge is 2.34. The van der Waals surface area contributed by atoms with Gasteiger partial charge in [0.15, 0.2) is 4.32 Å². The summed E-state index contributed by atoms with van der Waals surface area (Å²) in [4.78, 5) is 29.2. The van der Waals surface area contributed by atoms with Crippen molar-refractivity contribution in [3.63, 3.8) is 0 Å². The number of hydrazine groups is 1. The minimum absolute atomic E-state index is 0.239. The SMILES string of the molecule is O=C(NN1C(=O)C(=Cc2ccc(-c3ccc(Br)cc3)o2)SC1=S)c1ccncc1. The van der Waals surface area contributed by atoms with Gasteiger partial charge in [0.1, 0.15) is 11.5 Å². The molecular weight excluding hydrogens is 474 g/mol. The molecule has 0 unspecified atom stereocenters. The van der Waals surface area contributed by atoms with Gasteiger partial charge >= 0.3 is 0 Å². The number of aromatic nitrogens is 1. The van der Waals surface area contributed by atoms with E-state index in [9.17, 15) is 9.59 Å². The quantitative estimate of drug-likeness (QED) is 0.428. The summed E-state index contributed by atoms with van der Waals surface area (Å²) in [5, 5.41) is 1.06. The molecule has 29 heavy (non-hydrogen) atoms. The van der Waals surface area contributed by atoms with Crippen LogP contribution >= 0.6 is 39.9 Å². The van der Waals surface area contributed by atoms with Gasteiger partial charge < -0.3 is 4.42 Å². The monoisotopic (exact) mass is 485 g/mol. The highest BCUT2D eigenvalue weighted by Crippen LogP contribution is 2.33. The van der Waals surface area contributed by atoms with Gasteiger partial charge in [-0.05, 0) is 48.6 Å². The summed E-state index contributed by atoms with van der Waals surface area (Å²) < 4.78 is 7.04. The van der Waals surface area contributed by atoms with Crippen molar-refractivity contribution in [2.75, 3.05) is 0 Å². The number of furan rings is 1. The Morgan fingerprint density at radius 3 is 2.59 bits per heavy atom. The Bertz CT molecular complexity index is 1130. The Hall–Kier alpha value is -2.75. The number of rotatable bonds is 4. The van der Waals surface area contributed by atoms with Gasteiger partial charge in [0.2, 0.25) is 0 Å². The van der Waals surface area contributed by atoms with Crippen LogP contribution in [0.5, 0.6) is 0 Å². The van der Waals surface area contributed by atoms with Crippen molar-refractivity contribution in [1.29, 1.82) is 0 Å². The van der Waals surface area contributed by atoms with E-state index in [-0.39, 0.29) is 4.32 Å². The topological polar surface area (TPSA) is 75.4 Å². The summed E-state index contributed by atoms with van der Waals surface area (Å²) in [7, 11) is 0. The first-order chi connectivity index (χ1) is 14.0. The van der Waals surface area contributed by atoms with Gasteiger partial charge in [0, 0.05) is 34.1 Å². The van der Waals surface area contributed by atoms with Crippen molar-refractivity contribution >= 4 is 62.1 Å². The lowest BCUT2D eigenvalue weighted by molar-refractivity contribution is -0.123. The van der Waals surface area contributed by atoms with E-state index in [2.05, 4.69) is 26.3 Å². The third-order valence-electron chi connectivity index (χ3n) is 3.98. The van der Waals surface area contributed by atoms with Gasteiger partial charge in [-0.1, -0.05) is 39.8 Å². The van der Waals surface area contributed by atoms with E-state index in [0.29, 0.717) is 22.0 Å². The van der Waals surface area contributed by atoms with Gasteiger partial charge in [-0.2, -0.15) is 5.01 Å².